The van der Waals surface area contributed by atoms with Gasteiger partial charge in [-0.15, -0.1) is 0 Å². The molecule has 50 heavy (non-hydrogen) atoms. The molecule has 0 unspecified atom stereocenters. The number of hydroxylamine groups is 1. The van der Waals surface area contributed by atoms with Crippen LogP contribution in [0.5, 0.6) is 5.75 Å². The maximum Gasteiger partial charge on any atom is 0.490 e. The van der Waals surface area contributed by atoms with Gasteiger partial charge in [0.15, 0.2) is 0 Å². The number of pyridine rings is 1. The molecule has 1 aliphatic heterocycles. The van der Waals surface area contributed by atoms with Gasteiger partial charge >= 0.3 is 30.5 Å². The number of benzene rings is 2. The number of amides is 2. The van der Waals surface area contributed by atoms with Gasteiger partial charge in [0.2, 0.25) is 5.91 Å². The van der Waals surface area contributed by atoms with Crippen LogP contribution in [-0.2, 0) is 27.2 Å². The number of nitrogens with one attached hydrogen (secondary N) is 3. The Labute approximate surface area is 275 Å². The molecule has 274 valence electrons. The minimum Gasteiger partial charge on any atom is -0.489 e. The average Bonchev–Trinajstić information content (AvgIpc) is 3.03. The monoisotopic (exact) mass is 730 g/mol. The van der Waals surface area contributed by atoms with E-state index in [-0.39, 0.29) is 24.5 Å². The molecule has 0 atom stereocenters. The molecule has 1 fully saturated rings. The highest BCUT2D eigenvalue weighted by Gasteiger charge is 2.39. The SMILES string of the molecule is O=C(CC1(NC(=O)c2ccc(OCc3cc(C(F)(F)F)nc4ccccc34)cc2)CCNCC1)NO.O=C(O)C(F)(F)F.O=C(O)C(F)(F)F. The number of hydrogen-bond acceptors (Lipinski definition) is 8. The van der Waals surface area contributed by atoms with E-state index in [9.17, 15) is 49.1 Å². The van der Waals surface area contributed by atoms with Crippen molar-refractivity contribution in [3.8, 4) is 5.75 Å². The molecule has 3 aromatic rings. The molecule has 0 aliphatic carbocycles. The Morgan fingerprint density at radius 1 is 0.840 bits per heavy atom. The Hall–Kier alpha value is -5.18. The molecule has 1 aliphatic rings. The number of piperidine rings is 1. The summed E-state index contributed by atoms with van der Waals surface area (Å²) in [7, 11) is 0. The molecule has 1 saturated heterocycles. The lowest BCUT2D eigenvalue weighted by Crippen LogP contribution is -2.56. The molecule has 21 heteroatoms. The third kappa shape index (κ3) is 12.7. The highest BCUT2D eigenvalue weighted by molar-refractivity contribution is 5.95. The molecule has 0 radical (unpaired) electrons. The summed E-state index contributed by atoms with van der Waals surface area (Å²) in [6.07, 6.45) is -13.8. The first-order valence-electron chi connectivity index (χ1n) is 13.8. The van der Waals surface area contributed by atoms with Crippen LogP contribution in [0.2, 0.25) is 0 Å². The van der Waals surface area contributed by atoms with Crippen LogP contribution in [0.4, 0.5) is 39.5 Å². The van der Waals surface area contributed by atoms with Crippen molar-refractivity contribution in [1.29, 1.82) is 0 Å². The number of carbonyl (C=O) groups excluding carboxylic acids is 2. The third-order valence-corrected chi connectivity index (χ3v) is 6.65. The first-order chi connectivity index (χ1) is 23.1. The van der Waals surface area contributed by atoms with Crippen LogP contribution in [-0.4, -0.2) is 75.1 Å². The van der Waals surface area contributed by atoms with Crippen molar-refractivity contribution in [2.45, 2.75) is 49.9 Å². The van der Waals surface area contributed by atoms with E-state index in [0.29, 0.717) is 48.2 Å². The second-order valence-electron chi connectivity index (χ2n) is 10.3. The number of nitrogens with zero attached hydrogens (tertiary/aromatic N) is 1. The van der Waals surface area contributed by atoms with Gasteiger partial charge in [0.25, 0.3) is 5.91 Å². The third-order valence-electron chi connectivity index (χ3n) is 6.65. The van der Waals surface area contributed by atoms with Crippen molar-refractivity contribution in [2.75, 3.05) is 13.1 Å². The van der Waals surface area contributed by atoms with Gasteiger partial charge in [0, 0.05) is 16.5 Å². The summed E-state index contributed by atoms with van der Waals surface area (Å²) in [6, 6.07) is 13.7. The number of rotatable bonds is 7. The number of fused-ring (bicyclic) bond motifs is 1. The molecular formula is C29H27F9N4O8. The van der Waals surface area contributed by atoms with Crippen molar-refractivity contribution in [1.82, 2.24) is 21.1 Å². The smallest absolute Gasteiger partial charge is 0.489 e. The average molecular weight is 731 g/mol. The Morgan fingerprint density at radius 3 is 1.84 bits per heavy atom. The van der Waals surface area contributed by atoms with E-state index >= 15 is 0 Å². The van der Waals surface area contributed by atoms with E-state index in [0.717, 1.165) is 6.07 Å². The highest BCUT2D eigenvalue weighted by atomic mass is 19.4. The minimum absolute atomic E-state index is 0.0576. The predicted molar refractivity (Wildman–Crippen MR) is 152 cm³/mol. The van der Waals surface area contributed by atoms with E-state index in [4.69, 9.17) is 29.7 Å². The molecule has 0 bridgehead atoms. The van der Waals surface area contributed by atoms with Gasteiger partial charge in [-0.05, 0) is 62.3 Å². The summed E-state index contributed by atoms with van der Waals surface area (Å²) >= 11 is 0. The molecule has 2 aromatic carbocycles. The summed E-state index contributed by atoms with van der Waals surface area (Å²) in [5.41, 5.74) is 0.725. The molecule has 0 spiro atoms. The van der Waals surface area contributed by atoms with Crippen LogP contribution in [0, 0.1) is 0 Å². The molecule has 6 N–H and O–H groups in total. The van der Waals surface area contributed by atoms with Crippen molar-refractivity contribution < 1.29 is 78.8 Å². The summed E-state index contributed by atoms with van der Waals surface area (Å²) in [5.74, 6) is -6.11. The molecule has 4 rings (SSSR count). The maximum atomic E-state index is 13.3. The number of para-hydroxylation sites is 1. The second-order valence-corrected chi connectivity index (χ2v) is 10.3. The largest absolute Gasteiger partial charge is 0.490 e. The number of carboxylic acid groups (broad SMARTS) is 2. The van der Waals surface area contributed by atoms with Crippen molar-refractivity contribution in [3.63, 3.8) is 0 Å². The Kier molecular flexibility index (Phi) is 13.9. The molecule has 2 amide bonds. The lowest BCUT2D eigenvalue weighted by Gasteiger charge is -2.37. The van der Waals surface area contributed by atoms with Gasteiger partial charge in [0.05, 0.1) is 17.5 Å². The fraction of sp³-hybridized carbons (Fsp3) is 0.345. The zero-order chi connectivity index (χ0) is 37.9. The number of alkyl halides is 9. The van der Waals surface area contributed by atoms with Gasteiger partial charge in [-0.25, -0.2) is 20.1 Å². The van der Waals surface area contributed by atoms with E-state index in [1.165, 1.54) is 18.2 Å². The molecule has 2 heterocycles. The lowest BCUT2D eigenvalue weighted by atomic mass is 9.84. The number of aromatic nitrogens is 1. The van der Waals surface area contributed by atoms with Crippen LogP contribution in [0.3, 0.4) is 0 Å². The van der Waals surface area contributed by atoms with Crippen LogP contribution in [0.1, 0.15) is 40.9 Å². The first-order valence-corrected chi connectivity index (χ1v) is 13.8. The summed E-state index contributed by atoms with van der Waals surface area (Å²) in [4.78, 5) is 46.1. The second kappa shape index (κ2) is 17.0. The standard InChI is InChI=1S/C25H25F3N4O4.2C2HF3O2/c26-25(27,28)21-13-17(19-3-1-2-4-20(19)30-21)15-36-18-7-5-16(6-8-18)23(34)31-24(14-22(33)32-35)9-11-29-12-10-24;2*3-2(4,5)1(6)7/h1-8,13,29,35H,9-12,14-15H2,(H,31,34)(H,32,33);2*(H,6,7). The Morgan fingerprint density at radius 2 is 1.36 bits per heavy atom. The van der Waals surface area contributed by atoms with Gasteiger partial charge in [-0.3, -0.25) is 14.8 Å². The summed E-state index contributed by atoms with van der Waals surface area (Å²) < 4.78 is 109. The van der Waals surface area contributed by atoms with Crippen molar-refractivity contribution >= 4 is 34.7 Å². The quantitative estimate of drug-likeness (QED) is 0.112. The zero-order valence-electron chi connectivity index (χ0n) is 25.2. The number of hydrogen-bond donors (Lipinski definition) is 6. The van der Waals surface area contributed by atoms with E-state index in [2.05, 4.69) is 15.6 Å². The van der Waals surface area contributed by atoms with Gasteiger partial charge in [-0.1, -0.05) is 18.2 Å². The number of carbonyl (C=O) groups is 4. The maximum absolute atomic E-state index is 13.3. The van der Waals surface area contributed by atoms with Crippen molar-refractivity contribution in [3.05, 3.63) is 71.4 Å². The number of carboxylic acids is 2. The number of halogens is 9. The Balaban J connectivity index is 0.000000521. The van der Waals surface area contributed by atoms with Crippen LogP contribution >= 0.6 is 0 Å². The van der Waals surface area contributed by atoms with Gasteiger partial charge < -0.3 is 25.6 Å². The van der Waals surface area contributed by atoms with Crippen LogP contribution < -0.4 is 20.9 Å². The van der Waals surface area contributed by atoms with E-state index in [1.807, 2.05) is 0 Å². The molecule has 12 nitrogen and oxygen atoms in total. The molecular weight excluding hydrogens is 703 g/mol. The topological polar surface area (TPSA) is 187 Å². The van der Waals surface area contributed by atoms with Gasteiger partial charge in [0.1, 0.15) is 18.1 Å². The predicted octanol–water partition coefficient (Wildman–Crippen LogP) is 4.85. The van der Waals surface area contributed by atoms with Crippen LogP contribution in [0.25, 0.3) is 10.9 Å². The summed E-state index contributed by atoms with van der Waals surface area (Å²) in [5, 5.41) is 29.8. The fourth-order valence-corrected chi connectivity index (χ4v) is 4.29. The molecule has 1 aromatic heterocycles. The number of aliphatic carboxylic acids is 2. The summed E-state index contributed by atoms with van der Waals surface area (Å²) in [6.45, 7) is 1.11. The minimum atomic E-state index is -5.08. The van der Waals surface area contributed by atoms with E-state index in [1.54, 1.807) is 35.8 Å². The first kappa shape index (κ1) is 41.0. The van der Waals surface area contributed by atoms with E-state index < -0.39 is 47.6 Å². The Bertz CT molecular complexity index is 1620. The lowest BCUT2D eigenvalue weighted by molar-refractivity contribution is -0.193. The zero-order valence-corrected chi connectivity index (χ0v) is 25.2. The van der Waals surface area contributed by atoms with Gasteiger partial charge in [-0.2, -0.15) is 39.5 Å². The molecule has 0 saturated carbocycles. The van der Waals surface area contributed by atoms with Crippen molar-refractivity contribution in [2.24, 2.45) is 0 Å². The fourth-order valence-electron chi connectivity index (χ4n) is 4.29. The van der Waals surface area contributed by atoms with Crippen LogP contribution in [0.15, 0.2) is 54.6 Å². The normalized spacial score (nSPS) is 14.2. The highest BCUT2D eigenvalue weighted by Crippen LogP contribution is 2.31. The number of ether oxygens (including phenoxy) is 1.